The lowest BCUT2D eigenvalue weighted by atomic mass is 9.94. The smallest absolute Gasteiger partial charge is 0.317 e. The number of carboxylic acids is 1. The zero-order chi connectivity index (χ0) is 20.6. The Morgan fingerprint density at radius 2 is 1.68 bits per heavy atom. The fourth-order valence-corrected chi connectivity index (χ4v) is 2.60. The number of carbonyl (C=O) groups excluding carboxylic acids is 1. The highest BCUT2D eigenvalue weighted by atomic mass is 16.5. The SMILES string of the molecule is COc1ccc(CCN(Cc2ccccc2)C(=O)NCC(C)(C)C(=O)O)cc1. The Morgan fingerprint density at radius 1 is 1.04 bits per heavy atom. The van der Waals surface area contributed by atoms with Crippen molar-refractivity contribution in [3.63, 3.8) is 0 Å². The van der Waals surface area contributed by atoms with Gasteiger partial charge in [-0.3, -0.25) is 4.79 Å². The van der Waals surface area contributed by atoms with E-state index in [0.717, 1.165) is 16.9 Å². The number of nitrogens with one attached hydrogen (secondary N) is 1. The molecule has 0 saturated heterocycles. The lowest BCUT2D eigenvalue weighted by Crippen LogP contribution is -2.45. The fourth-order valence-electron chi connectivity index (χ4n) is 2.60. The number of amides is 2. The van der Waals surface area contributed by atoms with E-state index in [9.17, 15) is 14.7 Å². The number of methoxy groups -OCH3 is 1. The van der Waals surface area contributed by atoms with Crippen LogP contribution in [0, 0.1) is 5.41 Å². The third kappa shape index (κ3) is 6.30. The number of aliphatic carboxylic acids is 1. The Kier molecular flexibility index (Phi) is 7.44. The number of rotatable bonds is 9. The molecule has 28 heavy (non-hydrogen) atoms. The van der Waals surface area contributed by atoms with E-state index in [0.29, 0.717) is 19.5 Å². The second-order valence-electron chi connectivity index (χ2n) is 7.35. The van der Waals surface area contributed by atoms with E-state index < -0.39 is 11.4 Å². The molecule has 0 heterocycles. The Bertz CT molecular complexity index is 773. The van der Waals surface area contributed by atoms with E-state index in [1.165, 1.54) is 0 Å². The van der Waals surface area contributed by atoms with Crippen molar-refractivity contribution >= 4 is 12.0 Å². The molecule has 2 aromatic carbocycles. The molecule has 2 aromatic rings. The topological polar surface area (TPSA) is 78.9 Å². The molecule has 150 valence electrons. The molecule has 6 nitrogen and oxygen atoms in total. The summed E-state index contributed by atoms with van der Waals surface area (Å²) in [7, 11) is 1.62. The van der Waals surface area contributed by atoms with Gasteiger partial charge in [0.05, 0.1) is 12.5 Å². The van der Waals surface area contributed by atoms with Gasteiger partial charge < -0.3 is 20.1 Å². The summed E-state index contributed by atoms with van der Waals surface area (Å²) in [6.45, 7) is 4.22. The molecule has 6 heteroatoms. The van der Waals surface area contributed by atoms with Gasteiger partial charge in [0.25, 0.3) is 0 Å². The highest BCUT2D eigenvalue weighted by Crippen LogP contribution is 2.15. The monoisotopic (exact) mass is 384 g/mol. The van der Waals surface area contributed by atoms with Crippen molar-refractivity contribution in [1.29, 1.82) is 0 Å². The van der Waals surface area contributed by atoms with Gasteiger partial charge in [0.1, 0.15) is 5.75 Å². The largest absolute Gasteiger partial charge is 0.497 e. The number of urea groups is 1. The molecule has 2 rings (SSSR count). The predicted octanol–water partition coefficient (Wildman–Crippen LogP) is 3.56. The summed E-state index contributed by atoms with van der Waals surface area (Å²) < 4.78 is 5.17. The van der Waals surface area contributed by atoms with Crippen LogP contribution < -0.4 is 10.1 Å². The molecule has 0 aliphatic rings. The van der Waals surface area contributed by atoms with Gasteiger partial charge in [0.2, 0.25) is 0 Å². The van der Waals surface area contributed by atoms with E-state index in [-0.39, 0.29) is 12.6 Å². The molecule has 2 amide bonds. The first-order chi connectivity index (χ1) is 13.3. The van der Waals surface area contributed by atoms with Gasteiger partial charge in [-0.1, -0.05) is 42.5 Å². The molecular formula is C22H28N2O4. The maximum absolute atomic E-state index is 12.7. The summed E-state index contributed by atoms with van der Waals surface area (Å²) in [4.78, 5) is 25.7. The first kappa shape index (κ1) is 21.3. The van der Waals surface area contributed by atoms with Crippen molar-refractivity contribution in [2.24, 2.45) is 5.41 Å². The summed E-state index contributed by atoms with van der Waals surface area (Å²) in [6, 6.07) is 17.2. The van der Waals surface area contributed by atoms with Gasteiger partial charge in [-0.25, -0.2) is 4.79 Å². The summed E-state index contributed by atoms with van der Waals surface area (Å²) in [5.74, 6) is -0.154. The molecule has 0 aliphatic carbocycles. The van der Waals surface area contributed by atoms with Crippen LogP contribution in [0.1, 0.15) is 25.0 Å². The Balaban J connectivity index is 2.05. The van der Waals surface area contributed by atoms with Crippen molar-refractivity contribution in [3.05, 3.63) is 65.7 Å². The van der Waals surface area contributed by atoms with Crippen LogP contribution in [0.5, 0.6) is 5.75 Å². The maximum Gasteiger partial charge on any atom is 0.317 e. The van der Waals surface area contributed by atoms with Gasteiger partial charge in [-0.05, 0) is 43.5 Å². The lowest BCUT2D eigenvalue weighted by Gasteiger charge is -2.26. The van der Waals surface area contributed by atoms with Crippen molar-refractivity contribution in [1.82, 2.24) is 10.2 Å². The van der Waals surface area contributed by atoms with E-state index in [2.05, 4.69) is 5.32 Å². The van der Waals surface area contributed by atoms with Crippen molar-refractivity contribution in [2.45, 2.75) is 26.8 Å². The molecule has 0 spiro atoms. The number of carboxylic acid groups (broad SMARTS) is 1. The van der Waals surface area contributed by atoms with Crippen LogP contribution in [0.3, 0.4) is 0 Å². The number of benzene rings is 2. The Morgan fingerprint density at radius 3 is 2.25 bits per heavy atom. The Labute approximate surface area is 166 Å². The zero-order valence-electron chi connectivity index (χ0n) is 16.6. The van der Waals surface area contributed by atoms with Gasteiger partial charge in [0, 0.05) is 19.6 Å². The molecule has 0 fully saturated rings. The van der Waals surface area contributed by atoms with Crippen LogP contribution in [-0.2, 0) is 17.8 Å². The first-order valence-corrected chi connectivity index (χ1v) is 9.25. The average Bonchev–Trinajstić information content (AvgIpc) is 2.70. The van der Waals surface area contributed by atoms with Crippen LogP contribution in [-0.4, -0.2) is 42.2 Å². The van der Waals surface area contributed by atoms with Crippen LogP contribution in [0.25, 0.3) is 0 Å². The second-order valence-corrected chi connectivity index (χ2v) is 7.35. The normalized spacial score (nSPS) is 11.0. The average molecular weight is 384 g/mol. The molecule has 0 atom stereocenters. The van der Waals surface area contributed by atoms with E-state index >= 15 is 0 Å². The number of hydrogen-bond acceptors (Lipinski definition) is 3. The van der Waals surface area contributed by atoms with Crippen LogP contribution in [0.4, 0.5) is 4.79 Å². The molecule has 0 unspecified atom stereocenters. The molecular weight excluding hydrogens is 356 g/mol. The highest BCUT2D eigenvalue weighted by Gasteiger charge is 2.28. The number of nitrogens with zero attached hydrogens (tertiary/aromatic N) is 1. The summed E-state index contributed by atoms with van der Waals surface area (Å²) in [5, 5.41) is 12.0. The second kappa shape index (κ2) is 9.78. The number of carbonyl (C=O) groups is 2. The van der Waals surface area contributed by atoms with E-state index in [1.807, 2.05) is 54.6 Å². The first-order valence-electron chi connectivity index (χ1n) is 9.25. The number of hydrogen-bond donors (Lipinski definition) is 2. The quantitative estimate of drug-likeness (QED) is 0.693. The zero-order valence-corrected chi connectivity index (χ0v) is 16.6. The molecule has 0 radical (unpaired) electrons. The van der Waals surface area contributed by atoms with E-state index in [1.54, 1.807) is 25.9 Å². The minimum absolute atomic E-state index is 0.0645. The lowest BCUT2D eigenvalue weighted by molar-refractivity contribution is -0.146. The Hall–Kier alpha value is -3.02. The molecule has 0 bridgehead atoms. The van der Waals surface area contributed by atoms with Crippen LogP contribution in [0.15, 0.2) is 54.6 Å². The minimum atomic E-state index is -1.02. The molecule has 0 aliphatic heterocycles. The standard InChI is InChI=1S/C22H28N2O4/c1-22(2,20(25)26)16-23-21(27)24(15-18-7-5-4-6-8-18)14-13-17-9-11-19(28-3)12-10-17/h4-12H,13-16H2,1-3H3,(H,23,27)(H,25,26). The van der Waals surface area contributed by atoms with Crippen LogP contribution in [0.2, 0.25) is 0 Å². The minimum Gasteiger partial charge on any atom is -0.497 e. The predicted molar refractivity (Wildman–Crippen MR) is 108 cm³/mol. The highest BCUT2D eigenvalue weighted by molar-refractivity contribution is 5.77. The fraction of sp³-hybridized carbons (Fsp3) is 0.364. The van der Waals surface area contributed by atoms with Crippen molar-refractivity contribution in [2.75, 3.05) is 20.2 Å². The molecule has 2 N–H and O–H groups in total. The van der Waals surface area contributed by atoms with Gasteiger partial charge in [-0.2, -0.15) is 0 Å². The summed E-state index contributed by atoms with van der Waals surface area (Å²) in [6.07, 6.45) is 0.687. The van der Waals surface area contributed by atoms with Gasteiger partial charge in [-0.15, -0.1) is 0 Å². The van der Waals surface area contributed by atoms with Crippen molar-refractivity contribution < 1.29 is 19.4 Å². The molecule has 0 saturated carbocycles. The summed E-state index contributed by atoms with van der Waals surface area (Å²) in [5.41, 5.74) is 1.09. The van der Waals surface area contributed by atoms with Crippen molar-refractivity contribution in [3.8, 4) is 5.75 Å². The number of ether oxygens (including phenoxy) is 1. The van der Waals surface area contributed by atoms with Crippen LogP contribution >= 0.6 is 0 Å². The third-order valence-electron chi connectivity index (χ3n) is 4.59. The van der Waals surface area contributed by atoms with Gasteiger partial charge >= 0.3 is 12.0 Å². The van der Waals surface area contributed by atoms with E-state index in [4.69, 9.17) is 4.74 Å². The third-order valence-corrected chi connectivity index (χ3v) is 4.59. The maximum atomic E-state index is 12.7. The summed E-state index contributed by atoms with van der Waals surface area (Å²) >= 11 is 0. The molecule has 0 aromatic heterocycles. The van der Waals surface area contributed by atoms with Gasteiger partial charge in [0.15, 0.2) is 0 Å².